The van der Waals surface area contributed by atoms with E-state index in [1.54, 1.807) is 54.6 Å². The van der Waals surface area contributed by atoms with Crippen molar-refractivity contribution in [3.05, 3.63) is 88.2 Å². The quantitative estimate of drug-likeness (QED) is 0.444. The summed E-state index contributed by atoms with van der Waals surface area (Å²) in [5.74, 6) is -1.66. The van der Waals surface area contributed by atoms with E-state index < -0.39 is 40.4 Å². The highest BCUT2D eigenvalue weighted by molar-refractivity contribution is 9.10. The van der Waals surface area contributed by atoms with Crippen LogP contribution in [0.25, 0.3) is 0 Å². The van der Waals surface area contributed by atoms with Crippen LogP contribution in [0.15, 0.2) is 71.5 Å². The van der Waals surface area contributed by atoms with Crippen LogP contribution in [0, 0.1) is 0 Å². The number of hydrogen-bond donors (Lipinski definition) is 2. The second kappa shape index (κ2) is 8.69. The Hall–Kier alpha value is -2.27. The zero-order valence-electron chi connectivity index (χ0n) is 18.4. The molecule has 5 unspecified atom stereocenters. The predicted octanol–water partition coefficient (Wildman–Crippen LogP) is 5.15. The first-order chi connectivity index (χ1) is 16.6. The first-order valence-corrected chi connectivity index (χ1v) is 12.6. The van der Waals surface area contributed by atoms with Crippen LogP contribution in [0.5, 0.6) is 11.5 Å². The molecule has 1 saturated carbocycles. The molecule has 1 aliphatic carbocycles. The molecule has 2 heterocycles. The lowest BCUT2D eigenvalue weighted by atomic mass is 9.71. The molecule has 2 aliphatic rings. The lowest BCUT2D eigenvalue weighted by molar-refractivity contribution is -0.149. The van der Waals surface area contributed by atoms with E-state index in [9.17, 15) is 23.4 Å². The van der Waals surface area contributed by atoms with E-state index in [1.807, 2.05) is 0 Å². The van der Waals surface area contributed by atoms with Gasteiger partial charge in [-0.05, 0) is 23.3 Å². The molecule has 1 aliphatic heterocycles. The Morgan fingerprint density at radius 3 is 2.43 bits per heavy atom. The number of fused-ring (bicyclic) bond motifs is 3. The minimum absolute atomic E-state index is 0.168. The van der Waals surface area contributed by atoms with E-state index in [0.717, 1.165) is 4.47 Å². The summed E-state index contributed by atoms with van der Waals surface area (Å²) in [7, 11) is 1.40. The van der Waals surface area contributed by atoms with E-state index in [0.29, 0.717) is 22.9 Å². The normalized spacial score (nSPS) is 29.4. The van der Waals surface area contributed by atoms with Gasteiger partial charge < -0.3 is 19.7 Å². The molecule has 5 atom stereocenters. The second-order valence-electron chi connectivity index (χ2n) is 8.55. The summed E-state index contributed by atoms with van der Waals surface area (Å²) in [4.78, 5) is 4.13. The second-order valence-corrected chi connectivity index (χ2v) is 10.6. The summed E-state index contributed by atoms with van der Waals surface area (Å²) in [6, 6.07) is 15.9. The smallest absolute Gasteiger partial charge is 0.397 e. The zero-order valence-corrected chi connectivity index (χ0v) is 20.8. The van der Waals surface area contributed by atoms with Crippen LogP contribution in [-0.2, 0) is 11.2 Å². The largest absolute Gasteiger partial charge is 0.495 e. The maximum absolute atomic E-state index is 13.3. The van der Waals surface area contributed by atoms with Crippen LogP contribution in [-0.4, -0.2) is 45.6 Å². The van der Waals surface area contributed by atoms with Crippen molar-refractivity contribution in [3.63, 3.8) is 0 Å². The summed E-state index contributed by atoms with van der Waals surface area (Å²) >= 11 is 3.97. The SMILES string of the molecule is COc1cncc2c1C1(O)C(O)C(SCC(F)(F)F)C(c3ccccc3)C1(c1ccc(Br)cc1)O2. The molecule has 0 radical (unpaired) electrons. The molecule has 1 fully saturated rings. The number of aromatic nitrogens is 1. The maximum atomic E-state index is 13.3. The van der Waals surface area contributed by atoms with Crippen LogP contribution < -0.4 is 9.47 Å². The third-order valence-electron chi connectivity index (χ3n) is 6.69. The Balaban J connectivity index is 1.81. The minimum Gasteiger partial charge on any atom is -0.495 e. The molecule has 0 amide bonds. The Bertz CT molecular complexity index is 1230. The Labute approximate surface area is 212 Å². The van der Waals surface area contributed by atoms with E-state index in [-0.39, 0.29) is 17.1 Å². The molecular formula is C25H21BrF3NO4S. The van der Waals surface area contributed by atoms with Gasteiger partial charge in [-0.25, -0.2) is 0 Å². The molecule has 35 heavy (non-hydrogen) atoms. The topological polar surface area (TPSA) is 71.8 Å². The van der Waals surface area contributed by atoms with E-state index in [4.69, 9.17) is 9.47 Å². The molecule has 5 rings (SSSR count). The van der Waals surface area contributed by atoms with Gasteiger partial charge in [0.1, 0.15) is 17.6 Å². The van der Waals surface area contributed by atoms with Gasteiger partial charge >= 0.3 is 6.18 Å². The number of ether oxygens (including phenoxy) is 2. The van der Waals surface area contributed by atoms with Crippen molar-refractivity contribution in [2.24, 2.45) is 0 Å². The summed E-state index contributed by atoms with van der Waals surface area (Å²) in [5.41, 5.74) is -2.49. The molecule has 0 spiro atoms. The molecular weight excluding hydrogens is 547 g/mol. The Kier molecular flexibility index (Phi) is 6.06. The fraction of sp³-hybridized carbons (Fsp3) is 0.320. The number of pyridine rings is 1. The predicted molar refractivity (Wildman–Crippen MR) is 129 cm³/mol. The number of aliphatic hydroxyl groups excluding tert-OH is 1. The van der Waals surface area contributed by atoms with Crippen LogP contribution in [0.3, 0.4) is 0 Å². The van der Waals surface area contributed by atoms with Gasteiger partial charge in [-0.3, -0.25) is 4.98 Å². The third-order valence-corrected chi connectivity index (χ3v) is 8.63. The first kappa shape index (κ1) is 24.4. The fourth-order valence-corrected chi connectivity index (χ4v) is 6.97. The van der Waals surface area contributed by atoms with Gasteiger partial charge in [0, 0.05) is 15.6 Å². The van der Waals surface area contributed by atoms with Gasteiger partial charge in [-0.1, -0.05) is 58.4 Å². The average Bonchev–Trinajstić information content (AvgIpc) is 3.21. The van der Waals surface area contributed by atoms with Gasteiger partial charge in [-0.2, -0.15) is 13.2 Å². The fourth-order valence-electron chi connectivity index (χ4n) is 5.41. The monoisotopic (exact) mass is 567 g/mol. The molecule has 184 valence electrons. The molecule has 0 bridgehead atoms. The summed E-state index contributed by atoms with van der Waals surface area (Å²) in [6.45, 7) is 0. The van der Waals surface area contributed by atoms with E-state index in [2.05, 4.69) is 20.9 Å². The number of alkyl halides is 3. The molecule has 5 nitrogen and oxygen atoms in total. The number of aliphatic hydroxyl groups is 2. The zero-order chi connectivity index (χ0) is 25.0. The van der Waals surface area contributed by atoms with Gasteiger partial charge in [-0.15, -0.1) is 11.8 Å². The van der Waals surface area contributed by atoms with Crippen LogP contribution in [0.2, 0.25) is 0 Å². The van der Waals surface area contributed by atoms with Gasteiger partial charge in [0.15, 0.2) is 11.2 Å². The van der Waals surface area contributed by atoms with E-state index in [1.165, 1.54) is 19.5 Å². The molecule has 0 saturated heterocycles. The standard InChI is InChI=1S/C25H21BrF3NO4S/c1-33-17-11-30-12-18-20(17)24(32)22(31)21(35-13-23(27,28)29)19(14-5-3-2-4-6-14)25(24,34-18)15-7-9-16(26)10-8-15/h2-12,19,21-22,31-32H,13H2,1H3. The van der Waals surface area contributed by atoms with Crippen molar-refractivity contribution in [2.75, 3.05) is 12.9 Å². The highest BCUT2D eigenvalue weighted by Gasteiger charge is 2.77. The molecule has 2 aromatic carbocycles. The highest BCUT2D eigenvalue weighted by atomic mass is 79.9. The third kappa shape index (κ3) is 3.64. The lowest BCUT2D eigenvalue weighted by Crippen LogP contribution is -2.52. The van der Waals surface area contributed by atoms with Crippen LogP contribution in [0.1, 0.15) is 22.6 Å². The highest BCUT2D eigenvalue weighted by Crippen LogP contribution is 2.69. The van der Waals surface area contributed by atoms with Crippen molar-refractivity contribution >= 4 is 27.7 Å². The van der Waals surface area contributed by atoms with Crippen molar-refractivity contribution in [2.45, 2.75) is 34.7 Å². The molecule has 10 heteroatoms. The number of benzene rings is 2. The van der Waals surface area contributed by atoms with Crippen molar-refractivity contribution in [3.8, 4) is 11.5 Å². The van der Waals surface area contributed by atoms with E-state index >= 15 is 0 Å². The Morgan fingerprint density at radius 2 is 1.80 bits per heavy atom. The number of methoxy groups -OCH3 is 1. The first-order valence-electron chi connectivity index (χ1n) is 10.7. The summed E-state index contributed by atoms with van der Waals surface area (Å²) in [5, 5.41) is 23.1. The van der Waals surface area contributed by atoms with Crippen LogP contribution >= 0.6 is 27.7 Å². The number of thioether (sulfide) groups is 1. The van der Waals surface area contributed by atoms with Crippen molar-refractivity contribution in [1.29, 1.82) is 0 Å². The number of nitrogens with zero attached hydrogens (tertiary/aromatic N) is 1. The number of halogens is 4. The molecule has 3 aromatic rings. The average molecular weight is 568 g/mol. The number of rotatable bonds is 5. The van der Waals surface area contributed by atoms with Crippen molar-refractivity contribution < 1.29 is 32.9 Å². The lowest BCUT2D eigenvalue weighted by Gasteiger charge is -2.40. The van der Waals surface area contributed by atoms with Crippen molar-refractivity contribution in [1.82, 2.24) is 4.98 Å². The summed E-state index contributed by atoms with van der Waals surface area (Å²) < 4.78 is 52.8. The maximum Gasteiger partial charge on any atom is 0.397 e. The van der Waals surface area contributed by atoms with Gasteiger partial charge in [0.2, 0.25) is 0 Å². The van der Waals surface area contributed by atoms with Crippen LogP contribution in [0.4, 0.5) is 13.2 Å². The minimum atomic E-state index is -4.46. The number of hydrogen-bond acceptors (Lipinski definition) is 6. The Morgan fingerprint density at radius 1 is 1.11 bits per heavy atom. The molecule has 1 aromatic heterocycles. The summed E-state index contributed by atoms with van der Waals surface area (Å²) in [6.07, 6.45) is -3.28. The van der Waals surface area contributed by atoms with Gasteiger partial charge in [0.05, 0.1) is 30.8 Å². The molecule has 2 N–H and O–H groups in total. The van der Waals surface area contributed by atoms with Gasteiger partial charge in [0.25, 0.3) is 0 Å².